The molecule has 2 rings (SSSR count). The van der Waals surface area contributed by atoms with Gasteiger partial charge in [-0.05, 0) is 18.6 Å². The SMILES string of the molecule is NC1CC(C(=O)O)CN(CC2C(F)=CC=CC2F)C1. The third-order valence-electron chi connectivity index (χ3n) is 3.65. The zero-order valence-electron chi connectivity index (χ0n) is 10.5. The van der Waals surface area contributed by atoms with Gasteiger partial charge in [-0.25, -0.2) is 8.78 Å². The maximum atomic E-state index is 13.7. The average molecular weight is 272 g/mol. The molecule has 1 aliphatic heterocycles. The fourth-order valence-corrected chi connectivity index (χ4v) is 2.69. The van der Waals surface area contributed by atoms with E-state index in [0.717, 1.165) is 0 Å². The quantitative estimate of drug-likeness (QED) is 0.807. The van der Waals surface area contributed by atoms with Crippen LogP contribution in [0, 0.1) is 11.8 Å². The van der Waals surface area contributed by atoms with E-state index in [1.54, 1.807) is 4.90 Å². The number of nitrogens with two attached hydrogens (primary N) is 1. The van der Waals surface area contributed by atoms with Gasteiger partial charge in [0.15, 0.2) is 0 Å². The lowest BCUT2D eigenvalue weighted by Crippen LogP contribution is -2.51. The second kappa shape index (κ2) is 5.79. The van der Waals surface area contributed by atoms with Gasteiger partial charge in [0, 0.05) is 25.7 Å². The summed E-state index contributed by atoms with van der Waals surface area (Å²) in [5, 5.41) is 9.03. The van der Waals surface area contributed by atoms with E-state index in [4.69, 9.17) is 10.8 Å². The molecule has 0 aromatic rings. The minimum atomic E-state index is -1.37. The lowest BCUT2D eigenvalue weighted by Gasteiger charge is -2.36. The van der Waals surface area contributed by atoms with Gasteiger partial charge in [0.1, 0.15) is 12.0 Å². The summed E-state index contributed by atoms with van der Waals surface area (Å²) in [4.78, 5) is 12.8. The molecule has 2 aliphatic rings. The number of halogens is 2. The number of nitrogens with zero attached hydrogens (tertiary/aromatic N) is 1. The largest absolute Gasteiger partial charge is 0.481 e. The van der Waals surface area contributed by atoms with Crippen molar-refractivity contribution < 1.29 is 18.7 Å². The van der Waals surface area contributed by atoms with E-state index in [-0.39, 0.29) is 12.6 Å². The highest BCUT2D eigenvalue weighted by Crippen LogP contribution is 2.27. The van der Waals surface area contributed by atoms with E-state index in [9.17, 15) is 13.6 Å². The van der Waals surface area contributed by atoms with E-state index in [2.05, 4.69) is 0 Å². The molecule has 4 unspecified atom stereocenters. The van der Waals surface area contributed by atoms with Gasteiger partial charge in [0.25, 0.3) is 0 Å². The van der Waals surface area contributed by atoms with Crippen LogP contribution in [-0.4, -0.2) is 47.8 Å². The van der Waals surface area contributed by atoms with Gasteiger partial charge in [-0.2, -0.15) is 0 Å². The van der Waals surface area contributed by atoms with Crippen molar-refractivity contribution in [3.63, 3.8) is 0 Å². The van der Waals surface area contributed by atoms with Crippen molar-refractivity contribution in [2.24, 2.45) is 17.6 Å². The molecule has 0 aromatic heterocycles. The van der Waals surface area contributed by atoms with Crippen LogP contribution in [0.5, 0.6) is 0 Å². The standard InChI is InChI=1S/C13H18F2N2O2/c14-11-2-1-3-12(15)10(11)7-17-5-8(13(18)19)4-9(16)6-17/h1-3,8-11H,4-7,16H2,(H,18,19). The normalized spacial score (nSPS) is 36.1. The molecule has 0 spiro atoms. The second-order valence-corrected chi connectivity index (χ2v) is 5.24. The van der Waals surface area contributed by atoms with Crippen LogP contribution in [0.2, 0.25) is 0 Å². The molecule has 1 aliphatic carbocycles. The highest BCUT2D eigenvalue weighted by molar-refractivity contribution is 5.70. The lowest BCUT2D eigenvalue weighted by atomic mass is 9.91. The van der Waals surface area contributed by atoms with Crippen molar-refractivity contribution in [1.82, 2.24) is 4.90 Å². The smallest absolute Gasteiger partial charge is 0.307 e. The molecule has 0 bridgehead atoms. The van der Waals surface area contributed by atoms with E-state index < -0.39 is 29.8 Å². The summed E-state index contributed by atoms with van der Waals surface area (Å²) < 4.78 is 27.3. The Morgan fingerprint density at radius 2 is 2.26 bits per heavy atom. The molecule has 4 atom stereocenters. The molecule has 6 heteroatoms. The highest BCUT2D eigenvalue weighted by Gasteiger charge is 2.34. The Morgan fingerprint density at radius 1 is 1.53 bits per heavy atom. The number of hydrogen-bond acceptors (Lipinski definition) is 3. The lowest BCUT2D eigenvalue weighted by molar-refractivity contribution is -0.144. The molecule has 0 aromatic carbocycles. The Bertz CT molecular complexity index is 411. The molecule has 0 amide bonds. The fraction of sp³-hybridized carbons (Fsp3) is 0.615. The predicted molar refractivity (Wildman–Crippen MR) is 66.9 cm³/mol. The van der Waals surface area contributed by atoms with Crippen molar-refractivity contribution in [3.8, 4) is 0 Å². The molecule has 1 fully saturated rings. The van der Waals surface area contributed by atoms with Gasteiger partial charge in [0.05, 0.1) is 11.8 Å². The number of allylic oxidation sites excluding steroid dienone is 3. The van der Waals surface area contributed by atoms with Crippen molar-refractivity contribution >= 4 is 5.97 Å². The predicted octanol–water partition coefficient (Wildman–Crippen LogP) is 1.10. The number of piperidine rings is 1. The van der Waals surface area contributed by atoms with Crippen LogP contribution in [0.25, 0.3) is 0 Å². The van der Waals surface area contributed by atoms with Gasteiger partial charge in [-0.1, -0.05) is 6.08 Å². The maximum absolute atomic E-state index is 13.7. The third-order valence-corrected chi connectivity index (χ3v) is 3.65. The van der Waals surface area contributed by atoms with Gasteiger partial charge >= 0.3 is 5.97 Å². The molecule has 4 nitrogen and oxygen atoms in total. The van der Waals surface area contributed by atoms with Crippen LogP contribution in [0.1, 0.15) is 6.42 Å². The first-order valence-electron chi connectivity index (χ1n) is 6.36. The van der Waals surface area contributed by atoms with Crippen LogP contribution >= 0.6 is 0 Å². The minimum absolute atomic E-state index is 0.158. The van der Waals surface area contributed by atoms with Crippen LogP contribution in [0.3, 0.4) is 0 Å². The first-order chi connectivity index (χ1) is 8.97. The average Bonchev–Trinajstić information content (AvgIpc) is 2.33. The number of carbonyl (C=O) groups is 1. The molecule has 1 saturated heterocycles. The highest BCUT2D eigenvalue weighted by atomic mass is 19.1. The number of carboxylic acid groups (broad SMARTS) is 1. The van der Waals surface area contributed by atoms with Crippen molar-refractivity contribution in [1.29, 1.82) is 0 Å². The number of rotatable bonds is 3. The minimum Gasteiger partial charge on any atom is -0.481 e. The molecule has 106 valence electrons. The van der Waals surface area contributed by atoms with Crippen LogP contribution in [0.4, 0.5) is 8.78 Å². The maximum Gasteiger partial charge on any atom is 0.307 e. The summed E-state index contributed by atoms with van der Waals surface area (Å²) in [5.41, 5.74) is 5.81. The summed E-state index contributed by atoms with van der Waals surface area (Å²) in [5.74, 6) is -2.82. The third kappa shape index (κ3) is 3.39. The summed E-state index contributed by atoms with van der Waals surface area (Å²) in [7, 11) is 0. The van der Waals surface area contributed by atoms with Gasteiger partial charge in [-0.15, -0.1) is 0 Å². The fourth-order valence-electron chi connectivity index (χ4n) is 2.69. The summed E-state index contributed by atoms with van der Waals surface area (Å²) in [6, 6.07) is -0.265. The van der Waals surface area contributed by atoms with Crippen molar-refractivity contribution in [3.05, 3.63) is 24.1 Å². The van der Waals surface area contributed by atoms with Crippen LogP contribution in [0.15, 0.2) is 24.1 Å². The topological polar surface area (TPSA) is 66.6 Å². The van der Waals surface area contributed by atoms with Crippen LogP contribution < -0.4 is 5.73 Å². The van der Waals surface area contributed by atoms with Gasteiger partial charge < -0.3 is 15.7 Å². The zero-order valence-corrected chi connectivity index (χ0v) is 10.5. The summed E-state index contributed by atoms with van der Waals surface area (Å²) in [6.07, 6.45) is 2.96. The monoisotopic (exact) mass is 272 g/mol. The van der Waals surface area contributed by atoms with E-state index >= 15 is 0 Å². The Morgan fingerprint density at radius 3 is 2.89 bits per heavy atom. The number of alkyl halides is 1. The summed E-state index contributed by atoms with van der Waals surface area (Å²) >= 11 is 0. The molecule has 1 heterocycles. The van der Waals surface area contributed by atoms with Gasteiger partial charge in [0.2, 0.25) is 0 Å². The zero-order chi connectivity index (χ0) is 14.0. The first-order valence-corrected chi connectivity index (χ1v) is 6.36. The van der Waals surface area contributed by atoms with Crippen molar-refractivity contribution in [2.75, 3.05) is 19.6 Å². The van der Waals surface area contributed by atoms with E-state index in [1.165, 1.54) is 18.2 Å². The molecule has 0 saturated carbocycles. The Kier molecular flexibility index (Phi) is 4.31. The van der Waals surface area contributed by atoms with E-state index in [0.29, 0.717) is 19.5 Å². The first kappa shape index (κ1) is 14.1. The molecule has 0 radical (unpaired) electrons. The Hall–Kier alpha value is -1.27. The van der Waals surface area contributed by atoms with Gasteiger partial charge in [-0.3, -0.25) is 4.79 Å². The second-order valence-electron chi connectivity index (χ2n) is 5.24. The Balaban J connectivity index is 2.00. The summed E-state index contributed by atoms with van der Waals surface area (Å²) in [6.45, 7) is 0.929. The molecular formula is C13H18F2N2O2. The van der Waals surface area contributed by atoms with E-state index in [1.807, 2.05) is 0 Å². The molecule has 3 N–H and O–H groups in total. The number of aliphatic carboxylic acids is 1. The molecular weight excluding hydrogens is 254 g/mol. The molecule has 19 heavy (non-hydrogen) atoms. The number of carboxylic acids is 1. The number of hydrogen-bond donors (Lipinski definition) is 2. The number of likely N-dealkylation sites (tertiary alicyclic amines) is 1. The van der Waals surface area contributed by atoms with Crippen LogP contribution in [-0.2, 0) is 4.79 Å². The Labute approximate surface area is 110 Å². The van der Waals surface area contributed by atoms with Crippen molar-refractivity contribution in [2.45, 2.75) is 18.6 Å².